The molecule has 0 amide bonds. The van der Waals surface area contributed by atoms with Crippen molar-refractivity contribution in [3.63, 3.8) is 0 Å². The molecule has 2 atom stereocenters. The third-order valence-corrected chi connectivity index (χ3v) is 2.96. The van der Waals surface area contributed by atoms with Crippen molar-refractivity contribution in [2.45, 2.75) is 24.8 Å². The Kier molecular flexibility index (Phi) is 3.53. The molecule has 2 unspecified atom stereocenters. The normalized spacial score (nSPS) is 25.2. The minimum Gasteiger partial charge on any atom is -0.371 e. The first-order chi connectivity index (χ1) is 7.04. The summed E-state index contributed by atoms with van der Waals surface area (Å²) < 4.78 is 76.3. The van der Waals surface area contributed by atoms with E-state index < -0.39 is 33.8 Å². The van der Waals surface area contributed by atoms with E-state index in [0.717, 1.165) is 0 Å². The van der Waals surface area contributed by atoms with Crippen LogP contribution >= 0.6 is 0 Å². The van der Waals surface area contributed by atoms with E-state index in [0.29, 0.717) is 13.5 Å². The van der Waals surface area contributed by atoms with Crippen molar-refractivity contribution in [1.29, 1.82) is 0 Å². The summed E-state index contributed by atoms with van der Waals surface area (Å²) in [5, 5.41) is 0. The molecule has 1 fully saturated rings. The van der Waals surface area contributed by atoms with Gasteiger partial charge in [-0.3, -0.25) is 4.55 Å². The fourth-order valence-electron chi connectivity index (χ4n) is 0.995. The lowest BCUT2D eigenvalue weighted by Crippen LogP contribution is -2.50. The van der Waals surface area contributed by atoms with E-state index in [1.165, 1.54) is 0 Å². The molecule has 1 aliphatic heterocycles. The quantitative estimate of drug-likeness (QED) is 0.581. The summed E-state index contributed by atoms with van der Waals surface area (Å²) in [5.41, 5.74) is -2.92. The van der Waals surface area contributed by atoms with Crippen LogP contribution in [0.5, 0.6) is 0 Å². The van der Waals surface area contributed by atoms with E-state index in [-0.39, 0.29) is 6.61 Å². The van der Waals surface area contributed by atoms with Crippen molar-refractivity contribution in [3.05, 3.63) is 0 Å². The lowest BCUT2D eigenvalue weighted by atomic mass is 10.1. The van der Waals surface area contributed by atoms with Gasteiger partial charge in [0.15, 0.2) is 5.60 Å². The van der Waals surface area contributed by atoms with Crippen LogP contribution in [-0.2, 0) is 19.6 Å². The third-order valence-electron chi connectivity index (χ3n) is 2.05. The third kappa shape index (κ3) is 3.89. The largest absolute Gasteiger partial charge is 0.418 e. The molecule has 0 aromatic carbocycles. The van der Waals surface area contributed by atoms with Crippen LogP contribution < -0.4 is 0 Å². The van der Waals surface area contributed by atoms with Gasteiger partial charge in [-0.15, -0.1) is 0 Å². The van der Waals surface area contributed by atoms with Crippen LogP contribution in [-0.4, -0.2) is 49.8 Å². The van der Waals surface area contributed by atoms with Gasteiger partial charge in [0.25, 0.3) is 10.1 Å². The SMILES string of the molecule is CC(CS(=O)(=O)O)(OCC1CO1)C(F)(F)F. The number of hydrogen-bond donors (Lipinski definition) is 1. The molecule has 1 N–H and O–H groups in total. The average molecular weight is 264 g/mol. The summed E-state index contributed by atoms with van der Waals surface area (Å²) in [6, 6.07) is 0. The van der Waals surface area contributed by atoms with Gasteiger partial charge < -0.3 is 9.47 Å². The van der Waals surface area contributed by atoms with Crippen LogP contribution in [0.15, 0.2) is 0 Å². The average Bonchev–Trinajstić information content (AvgIpc) is 2.77. The van der Waals surface area contributed by atoms with Gasteiger partial charge in [-0.05, 0) is 6.92 Å². The summed E-state index contributed by atoms with van der Waals surface area (Å²) in [5.74, 6) is -1.53. The molecule has 0 bridgehead atoms. The van der Waals surface area contributed by atoms with E-state index in [9.17, 15) is 21.6 Å². The molecular weight excluding hydrogens is 253 g/mol. The second-order valence-corrected chi connectivity index (χ2v) is 5.17. The van der Waals surface area contributed by atoms with Gasteiger partial charge in [0, 0.05) is 0 Å². The molecule has 0 aromatic rings. The molecule has 96 valence electrons. The topological polar surface area (TPSA) is 76.1 Å². The Labute approximate surface area is 90.3 Å². The monoisotopic (exact) mass is 264 g/mol. The molecule has 0 aliphatic carbocycles. The highest BCUT2D eigenvalue weighted by molar-refractivity contribution is 7.85. The van der Waals surface area contributed by atoms with E-state index in [4.69, 9.17) is 4.55 Å². The molecule has 16 heavy (non-hydrogen) atoms. The van der Waals surface area contributed by atoms with Crippen LogP contribution in [0.1, 0.15) is 6.92 Å². The van der Waals surface area contributed by atoms with Crippen molar-refractivity contribution in [2.24, 2.45) is 0 Å². The van der Waals surface area contributed by atoms with Crippen molar-refractivity contribution in [2.75, 3.05) is 19.0 Å². The number of epoxide rings is 1. The molecular formula is C7H11F3O5S. The Hall–Kier alpha value is -0.380. The molecule has 1 heterocycles. The zero-order chi connectivity index (χ0) is 12.6. The van der Waals surface area contributed by atoms with E-state index in [1.54, 1.807) is 0 Å². The van der Waals surface area contributed by atoms with E-state index in [1.807, 2.05) is 0 Å². The molecule has 1 saturated heterocycles. The molecule has 5 nitrogen and oxygen atoms in total. The fraction of sp³-hybridized carbons (Fsp3) is 1.00. The molecule has 0 radical (unpaired) electrons. The fourth-order valence-corrected chi connectivity index (χ4v) is 1.94. The van der Waals surface area contributed by atoms with E-state index >= 15 is 0 Å². The van der Waals surface area contributed by atoms with Gasteiger partial charge in [0.05, 0.1) is 13.2 Å². The van der Waals surface area contributed by atoms with Gasteiger partial charge in [-0.2, -0.15) is 21.6 Å². The maximum Gasteiger partial charge on any atom is 0.418 e. The molecule has 0 saturated carbocycles. The van der Waals surface area contributed by atoms with Crippen molar-refractivity contribution in [3.8, 4) is 0 Å². The van der Waals surface area contributed by atoms with Gasteiger partial charge in [-0.1, -0.05) is 0 Å². The first kappa shape index (κ1) is 13.7. The predicted molar refractivity (Wildman–Crippen MR) is 46.6 cm³/mol. The number of hydrogen-bond acceptors (Lipinski definition) is 4. The Morgan fingerprint density at radius 1 is 1.50 bits per heavy atom. The molecule has 1 rings (SSSR count). The van der Waals surface area contributed by atoms with E-state index in [2.05, 4.69) is 9.47 Å². The van der Waals surface area contributed by atoms with Crippen molar-refractivity contribution < 1.29 is 35.6 Å². The maximum atomic E-state index is 12.6. The van der Waals surface area contributed by atoms with Crippen molar-refractivity contribution >= 4 is 10.1 Å². The summed E-state index contributed by atoms with van der Waals surface area (Å²) >= 11 is 0. The zero-order valence-corrected chi connectivity index (χ0v) is 9.14. The minimum absolute atomic E-state index is 0.291. The second-order valence-electron chi connectivity index (χ2n) is 3.72. The summed E-state index contributed by atoms with van der Waals surface area (Å²) in [7, 11) is -4.78. The Morgan fingerprint density at radius 3 is 2.31 bits per heavy atom. The minimum atomic E-state index is -4.89. The highest BCUT2D eigenvalue weighted by Crippen LogP contribution is 2.35. The van der Waals surface area contributed by atoms with Crippen LogP contribution in [0.3, 0.4) is 0 Å². The Bertz CT molecular complexity index is 348. The lowest BCUT2D eigenvalue weighted by Gasteiger charge is -2.30. The first-order valence-corrected chi connectivity index (χ1v) is 5.92. The number of rotatable bonds is 5. The van der Waals surface area contributed by atoms with Gasteiger partial charge >= 0.3 is 6.18 Å². The lowest BCUT2D eigenvalue weighted by molar-refractivity contribution is -0.262. The standard InChI is InChI=1S/C7H11F3O5S/c1-6(7(8,9)10,4-16(11,12)13)15-3-5-2-14-5/h5H,2-4H2,1H3,(H,11,12,13). The highest BCUT2D eigenvalue weighted by atomic mass is 32.2. The highest BCUT2D eigenvalue weighted by Gasteiger charge is 2.55. The number of halogens is 3. The number of ether oxygens (including phenoxy) is 2. The first-order valence-electron chi connectivity index (χ1n) is 4.31. The zero-order valence-electron chi connectivity index (χ0n) is 8.32. The van der Waals surface area contributed by atoms with Gasteiger partial charge in [0.2, 0.25) is 0 Å². The van der Waals surface area contributed by atoms with Crippen LogP contribution in [0.25, 0.3) is 0 Å². The molecule has 1 aliphatic rings. The van der Waals surface area contributed by atoms with Crippen LogP contribution in [0.4, 0.5) is 13.2 Å². The van der Waals surface area contributed by atoms with Crippen LogP contribution in [0, 0.1) is 0 Å². The molecule has 9 heteroatoms. The second kappa shape index (κ2) is 4.13. The molecule has 0 spiro atoms. The molecule has 0 aromatic heterocycles. The Balaban J connectivity index is 2.73. The summed E-state index contributed by atoms with van der Waals surface area (Å²) in [6.07, 6.45) is -5.32. The van der Waals surface area contributed by atoms with Gasteiger partial charge in [-0.25, -0.2) is 0 Å². The summed E-state index contributed by atoms with van der Waals surface area (Å²) in [6.45, 7) is 0.508. The smallest absolute Gasteiger partial charge is 0.371 e. The predicted octanol–water partition coefficient (Wildman–Crippen LogP) is 0.611. The maximum absolute atomic E-state index is 12.6. The van der Waals surface area contributed by atoms with Crippen molar-refractivity contribution in [1.82, 2.24) is 0 Å². The Morgan fingerprint density at radius 2 is 2.00 bits per heavy atom. The number of alkyl halides is 3. The van der Waals surface area contributed by atoms with Gasteiger partial charge in [0.1, 0.15) is 11.9 Å². The van der Waals surface area contributed by atoms with Crippen LogP contribution in [0.2, 0.25) is 0 Å². The summed E-state index contributed by atoms with van der Waals surface area (Å²) in [4.78, 5) is 0.